The number of aromatic nitrogens is 4. The lowest BCUT2D eigenvalue weighted by molar-refractivity contribution is 0.626. The summed E-state index contributed by atoms with van der Waals surface area (Å²) in [4.78, 5) is 8.47. The maximum absolute atomic E-state index is 13.0. The second-order valence-electron chi connectivity index (χ2n) is 6.31. The van der Waals surface area contributed by atoms with Gasteiger partial charge in [0.2, 0.25) is 0 Å². The van der Waals surface area contributed by atoms with Gasteiger partial charge in [-0.2, -0.15) is 5.10 Å². The number of benzene rings is 1. The summed E-state index contributed by atoms with van der Waals surface area (Å²) in [5.41, 5.74) is 2.15. The van der Waals surface area contributed by atoms with Gasteiger partial charge in [-0.3, -0.25) is 5.10 Å². The van der Waals surface area contributed by atoms with E-state index >= 15 is 0 Å². The summed E-state index contributed by atoms with van der Waals surface area (Å²) in [6.45, 7) is 2.00. The molecule has 0 amide bonds. The van der Waals surface area contributed by atoms with Gasteiger partial charge in [0.05, 0.1) is 0 Å². The van der Waals surface area contributed by atoms with E-state index in [1.54, 1.807) is 12.1 Å². The Morgan fingerprint density at radius 3 is 2.60 bits per heavy atom. The molecule has 0 unspecified atom stereocenters. The van der Waals surface area contributed by atoms with Crippen molar-refractivity contribution in [3.63, 3.8) is 0 Å². The van der Waals surface area contributed by atoms with Crippen molar-refractivity contribution in [1.29, 1.82) is 0 Å². The highest BCUT2D eigenvalue weighted by Gasteiger charge is 2.25. The van der Waals surface area contributed by atoms with Crippen molar-refractivity contribution < 1.29 is 4.39 Å². The molecule has 3 aromatic rings. The molecule has 128 valence electrons. The van der Waals surface area contributed by atoms with Crippen molar-refractivity contribution >= 4 is 17.5 Å². The van der Waals surface area contributed by atoms with Gasteiger partial charge in [-0.1, -0.05) is 12.1 Å². The van der Waals surface area contributed by atoms with Crippen LogP contribution in [-0.4, -0.2) is 20.2 Å². The molecule has 0 radical (unpaired) electrons. The Bertz CT molecular complexity index is 856. The third kappa shape index (κ3) is 3.76. The van der Waals surface area contributed by atoms with Crippen LogP contribution in [0.1, 0.15) is 43.0 Å². The van der Waals surface area contributed by atoms with E-state index in [1.807, 2.05) is 19.1 Å². The topological polar surface area (TPSA) is 78.5 Å². The van der Waals surface area contributed by atoms with Crippen LogP contribution in [0.25, 0.3) is 0 Å². The van der Waals surface area contributed by atoms with E-state index in [0.717, 1.165) is 11.4 Å². The quantitative estimate of drug-likeness (QED) is 0.630. The molecule has 7 heteroatoms. The molecule has 2 heterocycles. The number of nitrogens with zero attached hydrogens (tertiary/aromatic N) is 3. The molecule has 2 aromatic heterocycles. The zero-order chi connectivity index (χ0) is 17.2. The van der Waals surface area contributed by atoms with E-state index in [2.05, 4.69) is 30.8 Å². The van der Waals surface area contributed by atoms with Gasteiger partial charge in [0, 0.05) is 29.8 Å². The van der Waals surface area contributed by atoms with Crippen LogP contribution in [0.3, 0.4) is 0 Å². The molecule has 0 spiro atoms. The molecule has 1 atom stereocenters. The van der Waals surface area contributed by atoms with Gasteiger partial charge in [-0.15, -0.1) is 0 Å². The van der Waals surface area contributed by atoms with Gasteiger partial charge in [0.1, 0.15) is 23.8 Å². The largest absolute Gasteiger partial charge is 0.363 e. The van der Waals surface area contributed by atoms with Crippen molar-refractivity contribution in [2.24, 2.45) is 0 Å². The molecular formula is C18H19FN6. The molecule has 0 bridgehead atoms. The van der Waals surface area contributed by atoms with Crippen LogP contribution in [0.15, 0.2) is 42.7 Å². The van der Waals surface area contributed by atoms with Crippen LogP contribution in [0.5, 0.6) is 0 Å². The minimum absolute atomic E-state index is 0.00444. The van der Waals surface area contributed by atoms with Gasteiger partial charge in [0.25, 0.3) is 0 Å². The molecule has 3 N–H and O–H groups in total. The fourth-order valence-electron chi connectivity index (χ4n) is 2.70. The highest BCUT2D eigenvalue weighted by atomic mass is 19.1. The number of halogens is 1. The molecule has 0 saturated heterocycles. The third-order valence-electron chi connectivity index (χ3n) is 4.27. The summed E-state index contributed by atoms with van der Waals surface area (Å²) in [7, 11) is 0. The van der Waals surface area contributed by atoms with Crippen molar-refractivity contribution in [1.82, 2.24) is 20.2 Å². The standard InChI is InChI=1S/C18H19FN6/c1-11(12-4-6-14(19)7-5-12)22-16-9-17(21-10-20-16)23-18-8-15(24-25-18)13-2-3-13/h4-11,13H,2-3H2,1H3,(H3,20,21,22,23,24,25)/t11-/m0/s1. The minimum atomic E-state index is -0.242. The Kier molecular flexibility index (Phi) is 4.05. The second-order valence-corrected chi connectivity index (χ2v) is 6.31. The molecule has 1 saturated carbocycles. The highest BCUT2D eigenvalue weighted by molar-refractivity contribution is 5.56. The first-order chi connectivity index (χ1) is 12.2. The molecule has 1 aromatic carbocycles. The summed E-state index contributed by atoms with van der Waals surface area (Å²) < 4.78 is 13.0. The predicted molar refractivity (Wildman–Crippen MR) is 94.3 cm³/mol. The molecule has 4 rings (SSSR count). The first-order valence-electron chi connectivity index (χ1n) is 8.34. The predicted octanol–water partition coefficient (Wildman–Crippen LogP) is 4.13. The number of H-pyrrole nitrogens is 1. The Morgan fingerprint density at radius 2 is 1.84 bits per heavy atom. The zero-order valence-corrected chi connectivity index (χ0v) is 13.8. The average Bonchev–Trinajstić information content (AvgIpc) is 3.36. The lowest BCUT2D eigenvalue weighted by Crippen LogP contribution is -2.08. The van der Waals surface area contributed by atoms with Crippen molar-refractivity contribution in [3.05, 3.63) is 59.8 Å². The van der Waals surface area contributed by atoms with Gasteiger partial charge >= 0.3 is 0 Å². The van der Waals surface area contributed by atoms with E-state index in [0.29, 0.717) is 17.6 Å². The summed E-state index contributed by atoms with van der Waals surface area (Å²) >= 11 is 0. The molecule has 25 heavy (non-hydrogen) atoms. The van der Waals surface area contributed by atoms with E-state index in [1.165, 1.54) is 37.0 Å². The van der Waals surface area contributed by atoms with Crippen LogP contribution in [0.4, 0.5) is 21.8 Å². The maximum Gasteiger partial charge on any atom is 0.153 e. The van der Waals surface area contributed by atoms with Crippen molar-refractivity contribution in [3.8, 4) is 0 Å². The first kappa shape index (κ1) is 15.6. The highest BCUT2D eigenvalue weighted by Crippen LogP contribution is 2.39. The Balaban J connectivity index is 1.44. The van der Waals surface area contributed by atoms with E-state index in [9.17, 15) is 4.39 Å². The van der Waals surface area contributed by atoms with Gasteiger partial charge in [-0.25, -0.2) is 14.4 Å². The average molecular weight is 338 g/mol. The van der Waals surface area contributed by atoms with Crippen LogP contribution in [0, 0.1) is 5.82 Å². The lowest BCUT2D eigenvalue weighted by atomic mass is 10.1. The summed E-state index contributed by atoms with van der Waals surface area (Å²) in [5.74, 6) is 2.49. The SMILES string of the molecule is C[C@H](Nc1cc(Nc2cc(C3CC3)[nH]n2)ncn1)c1ccc(F)cc1. The number of rotatable bonds is 6. The number of nitrogens with one attached hydrogen (secondary N) is 3. The maximum atomic E-state index is 13.0. The monoisotopic (exact) mass is 338 g/mol. The van der Waals surface area contributed by atoms with Crippen LogP contribution in [0.2, 0.25) is 0 Å². The Hall–Kier alpha value is -2.96. The lowest BCUT2D eigenvalue weighted by Gasteiger charge is -2.15. The second kappa shape index (κ2) is 6.51. The summed E-state index contributed by atoms with van der Waals surface area (Å²) in [5, 5.41) is 13.8. The normalized spacial score (nSPS) is 15.0. The molecule has 6 nitrogen and oxygen atoms in total. The molecule has 1 aliphatic carbocycles. The smallest absolute Gasteiger partial charge is 0.153 e. The molecule has 1 fully saturated rings. The van der Waals surface area contributed by atoms with Crippen molar-refractivity contribution in [2.75, 3.05) is 10.6 Å². The van der Waals surface area contributed by atoms with Crippen LogP contribution >= 0.6 is 0 Å². The molecular weight excluding hydrogens is 319 g/mol. The Labute approximate surface area is 144 Å². The number of hydrogen-bond acceptors (Lipinski definition) is 5. The number of aromatic amines is 1. The van der Waals surface area contributed by atoms with Gasteiger partial charge < -0.3 is 10.6 Å². The first-order valence-corrected chi connectivity index (χ1v) is 8.34. The fourth-order valence-corrected chi connectivity index (χ4v) is 2.70. The van der Waals surface area contributed by atoms with Crippen LogP contribution < -0.4 is 10.6 Å². The van der Waals surface area contributed by atoms with E-state index in [-0.39, 0.29) is 11.9 Å². The summed E-state index contributed by atoms with van der Waals surface area (Å²) in [6.07, 6.45) is 3.95. The van der Waals surface area contributed by atoms with Crippen LogP contribution in [-0.2, 0) is 0 Å². The van der Waals surface area contributed by atoms with E-state index < -0.39 is 0 Å². The Morgan fingerprint density at radius 1 is 1.08 bits per heavy atom. The zero-order valence-electron chi connectivity index (χ0n) is 13.8. The van der Waals surface area contributed by atoms with Gasteiger partial charge in [-0.05, 0) is 37.5 Å². The molecule has 0 aliphatic heterocycles. The summed E-state index contributed by atoms with van der Waals surface area (Å²) in [6, 6.07) is 10.3. The van der Waals surface area contributed by atoms with E-state index in [4.69, 9.17) is 0 Å². The van der Waals surface area contributed by atoms with Gasteiger partial charge in [0.15, 0.2) is 5.82 Å². The fraction of sp³-hybridized carbons (Fsp3) is 0.278. The van der Waals surface area contributed by atoms with Crippen molar-refractivity contribution in [2.45, 2.75) is 31.7 Å². The number of anilines is 3. The minimum Gasteiger partial charge on any atom is -0.363 e. The number of hydrogen-bond donors (Lipinski definition) is 3. The third-order valence-corrected chi connectivity index (χ3v) is 4.27. The molecule has 1 aliphatic rings.